The molecule has 0 saturated heterocycles. The number of rotatable bonds is 4. The van der Waals surface area contributed by atoms with Gasteiger partial charge in [-0.3, -0.25) is 4.79 Å². The first-order valence-electron chi connectivity index (χ1n) is 6.84. The van der Waals surface area contributed by atoms with Crippen LogP contribution in [-0.4, -0.2) is 26.2 Å². The van der Waals surface area contributed by atoms with Gasteiger partial charge in [-0.15, -0.1) is 0 Å². The van der Waals surface area contributed by atoms with Gasteiger partial charge in [-0.05, 0) is 37.3 Å². The lowest BCUT2D eigenvalue weighted by Gasteiger charge is -2.13. The summed E-state index contributed by atoms with van der Waals surface area (Å²) < 4.78 is 0. The van der Waals surface area contributed by atoms with Crippen LogP contribution in [-0.2, 0) is 0 Å². The van der Waals surface area contributed by atoms with E-state index in [4.69, 9.17) is 11.6 Å². The molecule has 0 radical (unpaired) electrons. The number of amides is 1. The van der Waals surface area contributed by atoms with Crippen LogP contribution in [0.25, 0.3) is 0 Å². The van der Waals surface area contributed by atoms with E-state index in [1.165, 1.54) is 6.21 Å². The zero-order valence-electron chi connectivity index (χ0n) is 12.8. The minimum absolute atomic E-state index is 0.253. The largest absolute Gasteiger partial charge is 0.378 e. The number of benzene rings is 2. The fraction of sp³-hybridized carbons (Fsp3) is 0.176. The standard InChI is InChI=1S/C17H18ClN3O/c1-12-4-6-13(7-5-12)17(22)20-19-11-14-8-9-15(21(2)3)10-16(14)18/h4-11H,1-3H3,(H,20,22)/b19-11-. The highest BCUT2D eigenvalue weighted by Gasteiger charge is 2.04. The Bertz CT molecular complexity index is 694. The molecule has 114 valence electrons. The fourth-order valence-corrected chi connectivity index (χ4v) is 2.05. The number of hydrogen-bond acceptors (Lipinski definition) is 3. The molecule has 0 spiro atoms. The molecule has 0 atom stereocenters. The van der Waals surface area contributed by atoms with Crippen molar-refractivity contribution in [3.63, 3.8) is 0 Å². The molecule has 1 amide bonds. The Kier molecular flexibility index (Phi) is 5.17. The molecule has 0 saturated carbocycles. The van der Waals surface area contributed by atoms with Gasteiger partial charge < -0.3 is 4.90 Å². The molecule has 5 heteroatoms. The minimum atomic E-state index is -0.253. The van der Waals surface area contributed by atoms with E-state index in [1.54, 1.807) is 12.1 Å². The quantitative estimate of drug-likeness (QED) is 0.693. The van der Waals surface area contributed by atoms with Crippen molar-refractivity contribution < 1.29 is 4.79 Å². The van der Waals surface area contributed by atoms with Crippen molar-refractivity contribution in [1.82, 2.24) is 5.43 Å². The molecular formula is C17H18ClN3O. The molecule has 0 aliphatic carbocycles. The number of anilines is 1. The molecule has 0 aliphatic heterocycles. The lowest BCUT2D eigenvalue weighted by atomic mass is 10.1. The van der Waals surface area contributed by atoms with Crippen molar-refractivity contribution in [2.45, 2.75) is 6.92 Å². The second kappa shape index (κ2) is 7.09. The van der Waals surface area contributed by atoms with Crippen molar-refractivity contribution in [3.8, 4) is 0 Å². The van der Waals surface area contributed by atoms with Crippen LogP contribution in [0.1, 0.15) is 21.5 Å². The number of hydrogen-bond donors (Lipinski definition) is 1. The molecule has 0 unspecified atom stereocenters. The Morgan fingerprint density at radius 1 is 1.18 bits per heavy atom. The van der Waals surface area contributed by atoms with Crippen molar-refractivity contribution in [2.75, 3.05) is 19.0 Å². The Balaban J connectivity index is 2.03. The van der Waals surface area contributed by atoms with Crippen LogP contribution in [0.2, 0.25) is 5.02 Å². The van der Waals surface area contributed by atoms with Gasteiger partial charge in [-0.25, -0.2) is 5.43 Å². The SMILES string of the molecule is Cc1ccc(C(=O)N/N=C\c2ccc(N(C)C)cc2Cl)cc1. The summed E-state index contributed by atoms with van der Waals surface area (Å²) in [5.74, 6) is -0.253. The number of carbonyl (C=O) groups is 1. The molecule has 0 fully saturated rings. The lowest BCUT2D eigenvalue weighted by Crippen LogP contribution is -2.17. The van der Waals surface area contributed by atoms with Gasteiger partial charge in [0.25, 0.3) is 5.91 Å². The van der Waals surface area contributed by atoms with Gasteiger partial charge in [0.2, 0.25) is 0 Å². The number of nitrogens with one attached hydrogen (secondary N) is 1. The third kappa shape index (κ3) is 4.09. The lowest BCUT2D eigenvalue weighted by molar-refractivity contribution is 0.0955. The molecule has 4 nitrogen and oxygen atoms in total. The average molecular weight is 316 g/mol. The molecule has 1 N–H and O–H groups in total. The van der Waals surface area contributed by atoms with Gasteiger partial charge in [0, 0.05) is 30.9 Å². The van der Waals surface area contributed by atoms with E-state index in [-0.39, 0.29) is 5.91 Å². The van der Waals surface area contributed by atoms with Crippen molar-refractivity contribution in [2.24, 2.45) is 5.10 Å². The Labute approximate surface area is 135 Å². The molecule has 0 aromatic heterocycles. The summed E-state index contributed by atoms with van der Waals surface area (Å²) >= 11 is 6.19. The number of aryl methyl sites for hydroxylation is 1. The molecule has 2 rings (SSSR count). The zero-order chi connectivity index (χ0) is 16.1. The van der Waals surface area contributed by atoms with Crippen molar-refractivity contribution in [3.05, 3.63) is 64.2 Å². The first-order chi connectivity index (χ1) is 10.5. The van der Waals surface area contributed by atoms with E-state index in [9.17, 15) is 4.79 Å². The van der Waals surface area contributed by atoms with Crippen LogP contribution in [0.15, 0.2) is 47.6 Å². The zero-order valence-corrected chi connectivity index (χ0v) is 13.6. The smallest absolute Gasteiger partial charge is 0.271 e. The number of carbonyl (C=O) groups excluding carboxylic acids is 1. The molecule has 2 aromatic carbocycles. The predicted octanol–water partition coefficient (Wildman–Crippen LogP) is 3.48. The third-order valence-corrected chi connectivity index (χ3v) is 3.51. The highest BCUT2D eigenvalue weighted by atomic mass is 35.5. The molecule has 0 bridgehead atoms. The Morgan fingerprint density at radius 2 is 1.86 bits per heavy atom. The number of nitrogens with zero attached hydrogens (tertiary/aromatic N) is 2. The van der Waals surface area contributed by atoms with E-state index in [1.807, 2.05) is 56.3 Å². The Hall–Kier alpha value is -2.33. The summed E-state index contributed by atoms with van der Waals surface area (Å²) in [6.45, 7) is 1.97. The summed E-state index contributed by atoms with van der Waals surface area (Å²) in [5, 5.41) is 4.54. The topological polar surface area (TPSA) is 44.7 Å². The normalized spacial score (nSPS) is 10.7. The first-order valence-corrected chi connectivity index (χ1v) is 7.22. The van der Waals surface area contributed by atoms with Crippen LogP contribution in [0.3, 0.4) is 0 Å². The van der Waals surface area contributed by atoms with Crippen LogP contribution >= 0.6 is 11.6 Å². The van der Waals surface area contributed by atoms with E-state index < -0.39 is 0 Å². The maximum atomic E-state index is 11.9. The number of halogens is 1. The van der Waals surface area contributed by atoms with E-state index >= 15 is 0 Å². The van der Waals surface area contributed by atoms with Crippen molar-refractivity contribution >= 4 is 29.4 Å². The summed E-state index contributed by atoms with van der Waals surface area (Å²) in [6, 6.07) is 12.9. The maximum absolute atomic E-state index is 11.9. The first kappa shape index (κ1) is 16.0. The van der Waals surface area contributed by atoms with Gasteiger partial charge in [-0.2, -0.15) is 5.10 Å². The van der Waals surface area contributed by atoms with Gasteiger partial charge in [-0.1, -0.05) is 29.3 Å². The molecule has 2 aromatic rings. The highest BCUT2D eigenvalue weighted by molar-refractivity contribution is 6.33. The van der Waals surface area contributed by atoms with Crippen LogP contribution < -0.4 is 10.3 Å². The van der Waals surface area contributed by atoms with E-state index in [0.29, 0.717) is 10.6 Å². The third-order valence-electron chi connectivity index (χ3n) is 3.18. The van der Waals surface area contributed by atoms with Crippen LogP contribution in [0.5, 0.6) is 0 Å². The molecule has 0 heterocycles. The average Bonchev–Trinajstić information content (AvgIpc) is 2.49. The predicted molar refractivity (Wildman–Crippen MR) is 92.0 cm³/mol. The Morgan fingerprint density at radius 3 is 2.45 bits per heavy atom. The molecular weight excluding hydrogens is 298 g/mol. The van der Waals surface area contributed by atoms with Crippen molar-refractivity contribution in [1.29, 1.82) is 0 Å². The fourth-order valence-electron chi connectivity index (χ4n) is 1.83. The highest BCUT2D eigenvalue weighted by Crippen LogP contribution is 2.21. The van der Waals surface area contributed by atoms with Gasteiger partial charge in [0.15, 0.2) is 0 Å². The second-order valence-electron chi connectivity index (χ2n) is 5.17. The number of hydrazone groups is 1. The van der Waals surface area contributed by atoms with E-state index in [0.717, 1.165) is 16.8 Å². The molecule has 0 aliphatic rings. The van der Waals surface area contributed by atoms with Gasteiger partial charge in [0.05, 0.1) is 11.2 Å². The van der Waals surface area contributed by atoms with E-state index in [2.05, 4.69) is 10.5 Å². The van der Waals surface area contributed by atoms with Gasteiger partial charge >= 0.3 is 0 Å². The maximum Gasteiger partial charge on any atom is 0.271 e. The van der Waals surface area contributed by atoms with Crippen LogP contribution in [0, 0.1) is 6.92 Å². The summed E-state index contributed by atoms with van der Waals surface area (Å²) in [4.78, 5) is 13.9. The van der Waals surface area contributed by atoms with Crippen LogP contribution in [0.4, 0.5) is 5.69 Å². The monoisotopic (exact) mass is 315 g/mol. The van der Waals surface area contributed by atoms with Gasteiger partial charge in [0.1, 0.15) is 0 Å². The summed E-state index contributed by atoms with van der Waals surface area (Å²) in [5.41, 5.74) is 5.92. The molecule has 22 heavy (non-hydrogen) atoms. The second-order valence-corrected chi connectivity index (χ2v) is 5.57. The summed E-state index contributed by atoms with van der Waals surface area (Å²) in [6.07, 6.45) is 1.54. The summed E-state index contributed by atoms with van der Waals surface area (Å²) in [7, 11) is 3.89. The minimum Gasteiger partial charge on any atom is -0.378 e.